The molecule has 0 aromatic heterocycles. The highest BCUT2D eigenvalue weighted by Gasteiger charge is 2.46. The highest BCUT2D eigenvalue weighted by atomic mass is 32.2. The van der Waals surface area contributed by atoms with Crippen LogP contribution in [-0.4, -0.2) is 36.6 Å². The summed E-state index contributed by atoms with van der Waals surface area (Å²) in [6, 6.07) is 17.0. The van der Waals surface area contributed by atoms with Crippen molar-refractivity contribution in [3.63, 3.8) is 0 Å². The third-order valence-electron chi connectivity index (χ3n) is 6.36. The fourth-order valence-electron chi connectivity index (χ4n) is 4.85. The van der Waals surface area contributed by atoms with Crippen molar-refractivity contribution < 1.29 is 13.2 Å². The topological polar surface area (TPSA) is 54.5 Å². The third kappa shape index (κ3) is 3.60. The molecule has 2 heterocycles. The number of carbonyl (C=O) groups is 1. The minimum Gasteiger partial charge on any atom is -0.337 e. The zero-order valence-electron chi connectivity index (χ0n) is 16.3. The molecule has 2 aromatic rings. The number of nitrogens with zero attached hydrogens (tertiary/aromatic N) is 1. The second-order valence-corrected chi connectivity index (χ2v) is 10.3. The predicted octanol–water partition coefficient (Wildman–Crippen LogP) is 3.92. The fourth-order valence-corrected chi connectivity index (χ4v) is 6.72. The van der Waals surface area contributed by atoms with Gasteiger partial charge in [0.15, 0.2) is 9.84 Å². The van der Waals surface area contributed by atoms with E-state index in [1.165, 1.54) is 11.1 Å². The standard InChI is InChI=1S/C23H27NO3S/c1-17-7-5-6-8-18(17)11-14-23(25)24-19-12-13-20(24)16-22(15-19)28(26,27)21-9-3-2-4-10-21/h2-10,19-20,22H,11-16H2,1H3/t19-,20-/m0/s1. The van der Waals surface area contributed by atoms with Gasteiger partial charge >= 0.3 is 0 Å². The van der Waals surface area contributed by atoms with Gasteiger partial charge in [0, 0.05) is 18.5 Å². The molecule has 0 spiro atoms. The van der Waals surface area contributed by atoms with E-state index in [1.807, 2.05) is 23.1 Å². The molecule has 2 atom stereocenters. The minimum atomic E-state index is -3.34. The van der Waals surface area contributed by atoms with Gasteiger partial charge in [-0.2, -0.15) is 0 Å². The van der Waals surface area contributed by atoms with Crippen LogP contribution in [0, 0.1) is 6.92 Å². The van der Waals surface area contributed by atoms with Crippen LogP contribution < -0.4 is 0 Å². The number of carbonyl (C=O) groups excluding carboxylic acids is 1. The molecule has 2 aromatic carbocycles. The van der Waals surface area contributed by atoms with E-state index in [1.54, 1.807) is 24.3 Å². The Hall–Kier alpha value is -2.14. The Labute approximate surface area is 167 Å². The maximum Gasteiger partial charge on any atom is 0.223 e. The number of rotatable bonds is 5. The van der Waals surface area contributed by atoms with Crippen LogP contribution in [0.15, 0.2) is 59.5 Å². The molecule has 0 radical (unpaired) electrons. The summed E-state index contributed by atoms with van der Waals surface area (Å²) in [4.78, 5) is 15.4. The number of piperidine rings is 1. The summed E-state index contributed by atoms with van der Waals surface area (Å²) in [6.07, 6.45) is 4.19. The monoisotopic (exact) mass is 397 g/mol. The Kier molecular flexibility index (Phi) is 5.28. The van der Waals surface area contributed by atoms with Crippen LogP contribution in [0.25, 0.3) is 0 Å². The molecule has 2 aliphatic rings. The van der Waals surface area contributed by atoms with Crippen molar-refractivity contribution in [1.29, 1.82) is 0 Å². The normalized spacial score (nSPS) is 24.3. The molecule has 4 nitrogen and oxygen atoms in total. The summed E-state index contributed by atoms with van der Waals surface area (Å²) in [5, 5.41) is -0.382. The summed E-state index contributed by atoms with van der Waals surface area (Å²) in [6.45, 7) is 2.07. The van der Waals surface area contributed by atoms with E-state index >= 15 is 0 Å². The summed E-state index contributed by atoms with van der Waals surface area (Å²) in [7, 11) is -3.34. The molecule has 1 amide bonds. The summed E-state index contributed by atoms with van der Waals surface area (Å²) < 4.78 is 26.1. The van der Waals surface area contributed by atoms with E-state index in [-0.39, 0.29) is 23.2 Å². The van der Waals surface area contributed by atoms with Crippen LogP contribution in [0.2, 0.25) is 0 Å². The maximum absolute atomic E-state index is 13.0. The SMILES string of the molecule is Cc1ccccc1CCC(=O)N1[C@H]2CC[C@H]1CC(S(=O)(=O)c1ccccc1)C2. The zero-order valence-corrected chi connectivity index (χ0v) is 17.1. The molecular weight excluding hydrogens is 370 g/mol. The van der Waals surface area contributed by atoms with Crippen molar-refractivity contribution in [3.8, 4) is 0 Å². The largest absolute Gasteiger partial charge is 0.337 e. The lowest BCUT2D eigenvalue weighted by Gasteiger charge is -2.38. The van der Waals surface area contributed by atoms with Crippen LogP contribution >= 0.6 is 0 Å². The van der Waals surface area contributed by atoms with Crippen molar-refractivity contribution >= 4 is 15.7 Å². The number of aryl methyl sites for hydroxylation is 2. The molecule has 0 unspecified atom stereocenters. The Morgan fingerprint density at radius 2 is 1.57 bits per heavy atom. The van der Waals surface area contributed by atoms with Gasteiger partial charge in [-0.3, -0.25) is 4.79 Å². The average molecular weight is 398 g/mol. The van der Waals surface area contributed by atoms with Gasteiger partial charge < -0.3 is 4.90 Å². The first kappa shape index (κ1) is 19.2. The number of hydrogen-bond donors (Lipinski definition) is 0. The van der Waals surface area contributed by atoms with Crippen molar-refractivity contribution in [2.24, 2.45) is 0 Å². The Morgan fingerprint density at radius 1 is 0.964 bits per heavy atom. The fraction of sp³-hybridized carbons (Fsp3) is 0.435. The quantitative estimate of drug-likeness (QED) is 0.768. The van der Waals surface area contributed by atoms with E-state index in [4.69, 9.17) is 0 Å². The van der Waals surface area contributed by atoms with Crippen LogP contribution in [0.3, 0.4) is 0 Å². The molecule has 2 aliphatic heterocycles. The smallest absolute Gasteiger partial charge is 0.223 e. The van der Waals surface area contributed by atoms with Gasteiger partial charge in [-0.1, -0.05) is 42.5 Å². The average Bonchev–Trinajstić information content (AvgIpc) is 2.97. The van der Waals surface area contributed by atoms with Crippen LogP contribution in [-0.2, 0) is 21.1 Å². The number of fused-ring (bicyclic) bond motifs is 2. The van der Waals surface area contributed by atoms with Gasteiger partial charge in [-0.05, 0) is 62.3 Å². The van der Waals surface area contributed by atoms with Gasteiger partial charge in [0.05, 0.1) is 10.1 Å². The molecule has 4 rings (SSSR count). The first-order valence-electron chi connectivity index (χ1n) is 10.1. The Morgan fingerprint density at radius 3 is 2.21 bits per heavy atom. The molecule has 148 valence electrons. The van der Waals surface area contributed by atoms with Gasteiger partial charge in [0.1, 0.15) is 0 Å². The van der Waals surface area contributed by atoms with Crippen LogP contribution in [0.1, 0.15) is 43.2 Å². The molecule has 2 bridgehead atoms. The molecule has 2 fully saturated rings. The number of sulfone groups is 1. The molecular formula is C23H27NO3S. The Balaban J connectivity index is 1.44. The first-order valence-corrected chi connectivity index (χ1v) is 11.7. The number of amides is 1. The lowest BCUT2D eigenvalue weighted by Crippen LogP contribution is -2.49. The predicted molar refractivity (Wildman–Crippen MR) is 110 cm³/mol. The maximum atomic E-state index is 13.0. The van der Waals surface area contributed by atoms with Crippen molar-refractivity contribution in [3.05, 3.63) is 65.7 Å². The second-order valence-electron chi connectivity index (χ2n) is 8.06. The second kappa shape index (κ2) is 7.70. The third-order valence-corrected chi connectivity index (χ3v) is 8.55. The van der Waals surface area contributed by atoms with Gasteiger partial charge in [-0.25, -0.2) is 8.42 Å². The summed E-state index contributed by atoms with van der Waals surface area (Å²) in [5.74, 6) is 0.173. The van der Waals surface area contributed by atoms with E-state index in [2.05, 4.69) is 19.1 Å². The van der Waals surface area contributed by atoms with E-state index in [0.29, 0.717) is 24.2 Å². The first-order chi connectivity index (χ1) is 13.5. The van der Waals surface area contributed by atoms with Crippen LogP contribution in [0.4, 0.5) is 0 Å². The molecule has 2 saturated heterocycles. The number of hydrogen-bond acceptors (Lipinski definition) is 3. The number of benzene rings is 2. The van der Waals surface area contributed by atoms with E-state index in [9.17, 15) is 13.2 Å². The highest BCUT2D eigenvalue weighted by molar-refractivity contribution is 7.92. The molecule has 0 N–H and O–H groups in total. The summed E-state index contributed by atoms with van der Waals surface area (Å²) >= 11 is 0. The van der Waals surface area contributed by atoms with Crippen molar-refractivity contribution in [2.75, 3.05) is 0 Å². The van der Waals surface area contributed by atoms with Gasteiger partial charge in [-0.15, -0.1) is 0 Å². The molecule has 0 aliphatic carbocycles. The van der Waals surface area contributed by atoms with Crippen molar-refractivity contribution in [2.45, 2.75) is 67.7 Å². The Bertz CT molecular complexity index is 941. The molecule has 0 saturated carbocycles. The summed E-state index contributed by atoms with van der Waals surface area (Å²) in [5.41, 5.74) is 2.43. The lowest BCUT2D eigenvalue weighted by atomic mass is 9.99. The highest BCUT2D eigenvalue weighted by Crippen LogP contribution is 2.40. The van der Waals surface area contributed by atoms with Gasteiger partial charge in [0.2, 0.25) is 5.91 Å². The minimum absolute atomic E-state index is 0.0617. The zero-order chi connectivity index (χ0) is 19.7. The van der Waals surface area contributed by atoms with E-state index in [0.717, 1.165) is 19.3 Å². The van der Waals surface area contributed by atoms with E-state index < -0.39 is 9.84 Å². The van der Waals surface area contributed by atoms with Crippen molar-refractivity contribution in [1.82, 2.24) is 4.90 Å². The lowest BCUT2D eigenvalue weighted by molar-refractivity contribution is -0.135. The molecule has 28 heavy (non-hydrogen) atoms. The van der Waals surface area contributed by atoms with Gasteiger partial charge in [0.25, 0.3) is 0 Å². The van der Waals surface area contributed by atoms with Crippen LogP contribution in [0.5, 0.6) is 0 Å². The molecule has 5 heteroatoms.